The van der Waals surface area contributed by atoms with Gasteiger partial charge in [0, 0.05) is 30.1 Å². The summed E-state index contributed by atoms with van der Waals surface area (Å²) in [5.74, 6) is -0.528. The van der Waals surface area contributed by atoms with Crippen LogP contribution in [0.25, 0.3) is 21.8 Å². The zero-order chi connectivity index (χ0) is 22.6. The van der Waals surface area contributed by atoms with Gasteiger partial charge in [-0.2, -0.15) is 36.4 Å². The molecule has 182 valence electrons. The Hall–Kier alpha value is -2.37. The Kier molecular flexibility index (Phi) is 14.2. The van der Waals surface area contributed by atoms with Crippen molar-refractivity contribution < 1.29 is 43.0 Å². The number of halogens is 1. The Labute approximate surface area is 221 Å². The fourth-order valence-electron chi connectivity index (χ4n) is 3.40. The molecule has 1 amide bonds. The van der Waals surface area contributed by atoms with Crippen molar-refractivity contribution in [3.8, 4) is 0 Å². The predicted molar refractivity (Wildman–Crippen MR) is 128 cm³/mol. The van der Waals surface area contributed by atoms with Crippen LogP contribution in [0, 0.1) is 6.07 Å². The second-order valence-corrected chi connectivity index (χ2v) is 7.27. The number of primary amides is 1. The molecule has 3 heterocycles. The molecule has 1 unspecified atom stereocenters. The first kappa shape index (κ1) is 29.7. The van der Waals surface area contributed by atoms with Gasteiger partial charge in [-0.1, -0.05) is 24.3 Å². The van der Waals surface area contributed by atoms with Crippen LogP contribution >= 0.6 is 0 Å². The maximum atomic E-state index is 11.1. The summed E-state index contributed by atoms with van der Waals surface area (Å²) in [6, 6.07) is 23.7. The number of nitrogens with zero attached hydrogens (tertiary/aromatic N) is 2. The van der Waals surface area contributed by atoms with E-state index in [-0.39, 0.29) is 39.2 Å². The number of hydrogen-bond acceptors (Lipinski definition) is 5. The summed E-state index contributed by atoms with van der Waals surface area (Å²) >= 11 is 0. The summed E-state index contributed by atoms with van der Waals surface area (Å²) in [6.07, 6.45) is 4.70. The van der Waals surface area contributed by atoms with Gasteiger partial charge < -0.3 is 28.2 Å². The van der Waals surface area contributed by atoms with Crippen molar-refractivity contribution in [1.82, 2.24) is 15.3 Å². The van der Waals surface area contributed by atoms with E-state index in [0.717, 1.165) is 29.4 Å². The molecular formula is C26H29ClN4O2Pt. The summed E-state index contributed by atoms with van der Waals surface area (Å²) in [5, 5.41) is 5.23. The van der Waals surface area contributed by atoms with Crippen LogP contribution in [0.3, 0.4) is 0 Å². The van der Waals surface area contributed by atoms with Crippen molar-refractivity contribution in [2.24, 2.45) is 5.73 Å². The summed E-state index contributed by atoms with van der Waals surface area (Å²) in [7, 11) is 0. The number of nitrogens with one attached hydrogen (secondary N) is 1. The van der Waals surface area contributed by atoms with Gasteiger partial charge in [0.15, 0.2) is 0 Å². The first-order valence-corrected chi connectivity index (χ1v) is 10.9. The van der Waals surface area contributed by atoms with Crippen molar-refractivity contribution in [2.45, 2.75) is 25.9 Å². The van der Waals surface area contributed by atoms with Crippen LogP contribution in [0.1, 0.15) is 30.3 Å². The Morgan fingerprint density at radius 1 is 1.09 bits per heavy atom. The van der Waals surface area contributed by atoms with E-state index in [2.05, 4.69) is 28.3 Å². The zero-order valence-corrected chi connectivity index (χ0v) is 22.1. The average Bonchev–Trinajstić information content (AvgIpc) is 2.86. The van der Waals surface area contributed by atoms with Gasteiger partial charge in [-0.15, -0.1) is 0 Å². The minimum absolute atomic E-state index is 0. The van der Waals surface area contributed by atoms with Crippen LogP contribution in [0.4, 0.5) is 0 Å². The van der Waals surface area contributed by atoms with Crippen molar-refractivity contribution in [3.05, 3.63) is 84.7 Å². The molecule has 1 aliphatic rings. The zero-order valence-electron chi connectivity index (χ0n) is 19.0. The average molecular weight is 660 g/mol. The number of amides is 1. The number of ether oxygens (including phenoxy) is 1. The van der Waals surface area contributed by atoms with Crippen molar-refractivity contribution >= 4 is 27.7 Å². The largest absolute Gasteiger partial charge is 2.00 e. The van der Waals surface area contributed by atoms with E-state index in [1.807, 2.05) is 60.7 Å². The van der Waals surface area contributed by atoms with Crippen molar-refractivity contribution in [3.63, 3.8) is 0 Å². The van der Waals surface area contributed by atoms with Gasteiger partial charge in [0.05, 0.1) is 17.1 Å². The van der Waals surface area contributed by atoms with Gasteiger partial charge in [-0.05, 0) is 38.4 Å². The van der Waals surface area contributed by atoms with Crippen LogP contribution < -0.4 is 23.5 Å². The van der Waals surface area contributed by atoms with E-state index in [1.165, 1.54) is 19.4 Å². The van der Waals surface area contributed by atoms with Gasteiger partial charge in [0.25, 0.3) is 5.91 Å². The number of nitrogens with two attached hydrogens (primary N) is 1. The van der Waals surface area contributed by atoms with E-state index < -0.39 is 5.91 Å². The first-order chi connectivity index (χ1) is 15.7. The number of carbonyl (C=O) groups is 1. The topological polar surface area (TPSA) is 90.1 Å². The fraction of sp³-hybridized carbons (Fsp3) is 0.269. The first-order valence-electron chi connectivity index (χ1n) is 10.9. The monoisotopic (exact) mass is 659 g/mol. The van der Waals surface area contributed by atoms with Crippen LogP contribution in [0.2, 0.25) is 0 Å². The molecule has 1 fully saturated rings. The Morgan fingerprint density at radius 2 is 1.79 bits per heavy atom. The molecule has 0 bridgehead atoms. The fourth-order valence-corrected chi connectivity index (χ4v) is 3.40. The molecule has 4 aromatic rings. The molecule has 34 heavy (non-hydrogen) atoms. The molecule has 1 saturated heterocycles. The minimum atomic E-state index is -0.528. The molecule has 0 radical (unpaired) electrons. The molecule has 0 aliphatic carbocycles. The Bertz CT molecular complexity index is 1100. The van der Waals surface area contributed by atoms with E-state index in [4.69, 9.17) is 10.5 Å². The van der Waals surface area contributed by atoms with Gasteiger partial charge in [-0.25, -0.2) is 4.98 Å². The maximum absolute atomic E-state index is 11.1. The standard InChI is InChI=1S/C13H9N3O.C7H15NO.C6H5.ClH.Pt/c14-13(17)10-6-5-9-4-3-8-2-1-7-15-11(8)12(9)16-10;1-2-9-7-4-3-5-8-6-7;1-2-4-6-5-3-1;;/h1-7H,(H2,14,17);7-8H,2-6H2,1H3;1-5H;1H;/q;;-1;;+2/p-1. The van der Waals surface area contributed by atoms with Gasteiger partial charge in [0.1, 0.15) is 5.69 Å². The SMILES string of the molecule is CCOC1CCCNC1.NC(=O)c1ccc2ccc3cccnc3c2n1.[Cl-].[Pt+2].[c-]1ccccc1. The molecule has 8 heteroatoms. The van der Waals surface area contributed by atoms with Gasteiger partial charge in [0.2, 0.25) is 0 Å². The van der Waals surface area contributed by atoms with E-state index in [0.29, 0.717) is 11.6 Å². The number of piperidine rings is 1. The summed E-state index contributed by atoms with van der Waals surface area (Å²) < 4.78 is 5.42. The number of benzene rings is 2. The van der Waals surface area contributed by atoms with Gasteiger partial charge >= 0.3 is 21.1 Å². The number of hydrogen-bond donors (Lipinski definition) is 2. The summed E-state index contributed by atoms with van der Waals surface area (Å²) in [6.45, 7) is 5.12. The number of carbonyl (C=O) groups excluding carboxylic acids is 1. The molecule has 1 atom stereocenters. The Balaban J connectivity index is 0.000000288. The second-order valence-electron chi connectivity index (χ2n) is 7.27. The molecule has 0 spiro atoms. The van der Waals surface area contributed by atoms with Crippen molar-refractivity contribution in [1.29, 1.82) is 0 Å². The number of fused-ring (bicyclic) bond motifs is 3. The molecule has 2 aromatic carbocycles. The van der Waals surface area contributed by atoms with Crippen LogP contribution in [-0.2, 0) is 25.8 Å². The molecule has 3 N–H and O–H groups in total. The van der Waals surface area contributed by atoms with E-state index in [9.17, 15) is 4.79 Å². The molecular weight excluding hydrogens is 631 g/mol. The second kappa shape index (κ2) is 16.3. The molecule has 0 saturated carbocycles. The molecule has 5 rings (SSSR count). The quantitative estimate of drug-likeness (QED) is 0.255. The third kappa shape index (κ3) is 9.11. The predicted octanol–water partition coefficient (Wildman–Crippen LogP) is 1.15. The Morgan fingerprint density at radius 3 is 2.35 bits per heavy atom. The summed E-state index contributed by atoms with van der Waals surface area (Å²) in [5.41, 5.74) is 6.98. The van der Waals surface area contributed by atoms with Crippen LogP contribution in [-0.4, -0.2) is 41.7 Å². The van der Waals surface area contributed by atoms with Crippen LogP contribution in [0.5, 0.6) is 0 Å². The normalized spacial score (nSPS) is 14.3. The minimum Gasteiger partial charge on any atom is -1.00 e. The molecule has 1 aliphatic heterocycles. The smallest absolute Gasteiger partial charge is 1.00 e. The third-order valence-electron chi connectivity index (χ3n) is 4.95. The van der Waals surface area contributed by atoms with Crippen LogP contribution in [0.15, 0.2) is 72.9 Å². The number of pyridine rings is 2. The third-order valence-corrected chi connectivity index (χ3v) is 4.95. The molecule has 6 nitrogen and oxygen atoms in total. The maximum Gasteiger partial charge on any atom is 2.00 e. The number of rotatable bonds is 3. The van der Waals surface area contributed by atoms with E-state index in [1.54, 1.807) is 12.3 Å². The summed E-state index contributed by atoms with van der Waals surface area (Å²) in [4.78, 5) is 19.7. The number of aromatic nitrogens is 2. The van der Waals surface area contributed by atoms with E-state index >= 15 is 0 Å². The van der Waals surface area contributed by atoms with Crippen molar-refractivity contribution in [2.75, 3.05) is 19.7 Å². The molecule has 2 aromatic heterocycles. The van der Waals surface area contributed by atoms with Gasteiger partial charge in [-0.3, -0.25) is 9.78 Å².